The zero-order valence-electron chi connectivity index (χ0n) is 14.9. The number of ether oxygens (including phenoxy) is 1. The number of nitrogens with one attached hydrogen (secondary N) is 1. The molecule has 0 aliphatic carbocycles. The minimum atomic E-state index is -0.866. The van der Waals surface area contributed by atoms with Crippen molar-refractivity contribution < 1.29 is 18.7 Å². The van der Waals surface area contributed by atoms with Crippen LogP contribution < -0.4 is 5.32 Å². The SMILES string of the molecule is C[C@H](OC(=O)c1ccccc1SCc1ccco1)C(=O)NC(C)(C)C. The Morgan fingerprint density at radius 2 is 1.92 bits per heavy atom. The maximum absolute atomic E-state index is 12.5. The molecule has 1 N–H and O–H groups in total. The number of benzene rings is 1. The molecule has 2 aromatic rings. The van der Waals surface area contributed by atoms with E-state index in [0.29, 0.717) is 11.3 Å². The van der Waals surface area contributed by atoms with Gasteiger partial charge in [0, 0.05) is 10.4 Å². The van der Waals surface area contributed by atoms with Crippen molar-refractivity contribution in [2.45, 2.75) is 50.0 Å². The van der Waals surface area contributed by atoms with Gasteiger partial charge in [0.25, 0.3) is 5.91 Å². The molecule has 5 nitrogen and oxygen atoms in total. The molecule has 1 aromatic carbocycles. The number of carbonyl (C=O) groups excluding carboxylic acids is 2. The molecule has 0 aliphatic rings. The fourth-order valence-corrected chi connectivity index (χ4v) is 3.00. The van der Waals surface area contributed by atoms with Gasteiger partial charge in [0.05, 0.1) is 17.6 Å². The molecule has 0 saturated carbocycles. The van der Waals surface area contributed by atoms with Gasteiger partial charge < -0.3 is 14.5 Å². The van der Waals surface area contributed by atoms with Crippen LogP contribution in [0.2, 0.25) is 0 Å². The van der Waals surface area contributed by atoms with Crippen molar-refractivity contribution in [3.63, 3.8) is 0 Å². The molecule has 0 bridgehead atoms. The highest BCUT2D eigenvalue weighted by Crippen LogP contribution is 2.27. The number of carbonyl (C=O) groups is 2. The average molecular weight is 361 g/mol. The summed E-state index contributed by atoms with van der Waals surface area (Å²) in [5, 5.41) is 2.80. The molecule has 1 amide bonds. The Labute approximate surface area is 152 Å². The van der Waals surface area contributed by atoms with Gasteiger partial charge in [-0.25, -0.2) is 4.79 Å². The number of amides is 1. The van der Waals surface area contributed by atoms with E-state index < -0.39 is 12.1 Å². The molecule has 0 aliphatic heterocycles. The molecule has 0 unspecified atom stereocenters. The molecule has 0 radical (unpaired) electrons. The molecule has 0 fully saturated rings. The van der Waals surface area contributed by atoms with Crippen LogP contribution in [0.15, 0.2) is 52.0 Å². The zero-order valence-corrected chi connectivity index (χ0v) is 15.7. The van der Waals surface area contributed by atoms with Crippen molar-refractivity contribution in [3.05, 3.63) is 54.0 Å². The summed E-state index contributed by atoms with van der Waals surface area (Å²) in [5.41, 5.74) is 0.0589. The summed E-state index contributed by atoms with van der Waals surface area (Å²) in [6.45, 7) is 7.19. The normalized spacial score (nSPS) is 12.5. The van der Waals surface area contributed by atoms with Gasteiger partial charge in [0.15, 0.2) is 6.10 Å². The lowest BCUT2D eigenvalue weighted by Gasteiger charge is -2.23. The maximum Gasteiger partial charge on any atom is 0.340 e. The van der Waals surface area contributed by atoms with Crippen molar-refractivity contribution in [3.8, 4) is 0 Å². The number of furan rings is 1. The fraction of sp³-hybridized carbons (Fsp3) is 0.368. The molecular formula is C19H23NO4S. The van der Waals surface area contributed by atoms with E-state index in [2.05, 4.69) is 5.32 Å². The van der Waals surface area contributed by atoms with Crippen molar-refractivity contribution in [2.24, 2.45) is 0 Å². The summed E-state index contributed by atoms with van der Waals surface area (Å²) in [5.74, 6) is 0.601. The third-order valence-electron chi connectivity index (χ3n) is 3.21. The molecule has 6 heteroatoms. The maximum atomic E-state index is 12.5. The average Bonchev–Trinajstić information content (AvgIpc) is 3.05. The quantitative estimate of drug-likeness (QED) is 0.621. The smallest absolute Gasteiger partial charge is 0.340 e. The second kappa shape index (κ2) is 8.25. The number of thioether (sulfide) groups is 1. The van der Waals surface area contributed by atoms with Crippen LogP contribution in [0.1, 0.15) is 43.8 Å². The summed E-state index contributed by atoms with van der Waals surface area (Å²) in [6, 6.07) is 10.9. The largest absolute Gasteiger partial charge is 0.468 e. The first kappa shape index (κ1) is 19.1. The first-order valence-corrected chi connectivity index (χ1v) is 9.02. The van der Waals surface area contributed by atoms with Crippen LogP contribution in [0.5, 0.6) is 0 Å². The minimum Gasteiger partial charge on any atom is -0.468 e. The van der Waals surface area contributed by atoms with E-state index >= 15 is 0 Å². The topological polar surface area (TPSA) is 68.5 Å². The predicted molar refractivity (Wildman–Crippen MR) is 97.5 cm³/mol. The third-order valence-corrected chi connectivity index (χ3v) is 4.30. The van der Waals surface area contributed by atoms with Gasteiger partial charge in [-0.1, -0.05) is 12.1 Å². The second-order valence-electron chi connectivity index (χ2n) is 6.65. The van der Waals surface area contributed by atoms with Crippen LogP contribution >= 0.6 is 11.8 Å². The minimum absolute atomic E-state index is 0.318. The standard InChI is InChI=1S/C19H23NO4S/c1-13(17(21)20-19(2,3)4)24-18(22)15-9-5-6-10-16(15)25-12-14-8-7-11-23-14/h5-11,13H,12H2,1-4H3,(H,20,21)/t13-/m0/s1. The monoisotopic (exact) mass is 361 g/mol. The Bertz CT molecular complexity index is 719. The number of esters is 1. The molecule has 2 rings (SSSR count). The Morgan fingerprint density at radius 3 is 2.56 bits per heavy atom. The van der Waals surface area contributed by atoms with Gasteiger partial charge in [-0.15, -0.1) is 11.8 Å². The number of rotatable bonds is 6. The van der Waals surface area contributed by atoms with Crippen molar-refractivity contribution in [1.82, 2.24) is 5.32 Å². The molecule has 25 heavy (non-hydrogen) atoms. The summed E-state index contributed by atoms with van der Waals surface area (Å²) in [7, 11) is 0. The fourth-order valence-electron chi connectivity index (χ4n) is 2.05. The molecule has 0 saturated heterocycles. The van der Waals surface area contributed by atoms with E-state index in [4.69, 9.17) is 9.15 Å². The molecule has 1 atom stereocenters. The number of hydrogen-bond acceptors (Lipinski definition) is 5. The highest BCUT2D eigenvalue weighted by Gasteiger charge is 2.24. The van der Waals surface area contributed by atoms with Gasteiger partial charge in [-0.2, -0.15) is 0 Å². The van der Waals surface area contributed by atoms with Gasteiger partial charge in [-0.05, 0) is 52.0 Å². The van der Waals surface area contributed by atoms with Gasteiger partial charge in [0.2, 0.25) is 0 Å². The van der Waals surface area contributed by atoms with Gasteiger partial charge in [0.1, 0.15) is 5.76 Å². The van der Waals surface area contributed by atoms with E-state index in [9.17, 15) is 9.59 Å². The highest BCUT2D eigenvalue weighted by atomic mass is 32.2. The van der Waals surface area contributed by atoms with Crippen molar-refractivity contribution >= 4 is 23.6 Å². The molecule has 1 heterocycles. The Kier molecular flexibility index (Phi) is 6.31. The van der Waals surface area contributed by atoms with Crippen molar-refractivity contribution in [2.75, 3.05) is 0 Å². The first-order valence-electron chi connectivity index (χ1n) is 8.03. The predicted octanol–water partition coefficient (Wildman–Crippen LogP) is 4.03. The van der Waals surface area contributed by atoms with Gasteiger partial charge in [-0.3, -0.25) is 4.79 Å². The van der Waals surface area contributed by atoms with E-state index in [0.717, 1.165) is 10.7 Å². The highest BCUT2D eigenvalue weighted by molar-refractivity contribution is 7.98. The molecule has 134 valence electrons. The van der Waals surface area contributed by atoms with Crippen LogP contribution in [0.25, 0.3) is 0 Å². The van der Waals surface area contributed by atoms with E-state index in [1.807, 2.05) is 45.0 Å². The summed E-state index contributed by atoms with van der Waals surface area (Å²) < 4.78 is 10.6. The third kappa shape index (κ3) is 5.98. The zero-order chi connectivity index (χ0) is 18.4. The number of hydrogen-bond donors (Lipinski definition) is 1. The Balaban J connectivity index is 2.02. The van der Waals surface area contributed by atoms with E-state index in [1.54, 1.807) is 25.3 Å². The first-order chi connectivity index (χ1) is 11.8. The summed E-state index contributed by atoms with van der Waals surface area (Å²) in [6.07, 6.45) is 0.751. The van der Waals surface area contributed by atoms with Crippen LogP contribution in [0.3, 0.4) is 0 Å². The lowest BCUT2D eigenvalue weighted by molar-refractivity contribution is -0.130. The van der Waals surface area contributed by atoms with Crippen LogP contribution in [-0.2, 0) is 15.3 Å². The lowest BCUT2D eigenvalue weighted by Crippen LogP contribution is -2.46. The molecule has 0 spiro atoms. The van der Waals surface area contributed by atoms with Crippen LogP contribution in [0.4, 0.5) is 0 Å². The Morgan fingerprint density at radius 1 is 1.20 bits per heavy atom. The molecular weight excluding hydrogens is 338 g/mol. The van der Waals surface area contributed by atoms with Crippen LogP contribution in [-0.4, -0.2) is 23.5 Å². The van der Waals surface area contributed by atoms with Gasteiger partial charge >= 0.3 is 5.97 Å². The van der Waals surface area contributed by atoms with Crippen LogP contribution in [0, 0.1) is 0 Å². The Hall–Kier alpha value is -2.21. The van der Waals surface area contributed by atoms with E-state index in [1.165, 1.54) is 11.8 Å². The summed E-state index contributed by atoms with van der Waals surface area (Å²) in [4.78, 5) is 25.3. The lowest BCUT2D eigenvalue weighted by atomic mass is 10.1. The van der Waals surface area contributed by atoms with E-state index in [-0.39, 0.29) is 11.4 Å². The summed E-state index contributed by atoms with van der Waals surface area (Å²) >= 11 is 1.48. The second-order valence-corrected chi connectivity index (χ2v) is 7.67. The molecule has 1 aromatic heterocycles. The van der Waals surface area contributed by atoms with Crippen molar-refractivity contribution in [1.29, 1.82) is 0 Å².